The molecule has 12 heteroatoms. The summed E-state index contributed by atoms with van der Waals surface area (Å²) >= 11 is 0. The smallest absolute Gasteiger partial charge is 0.331 e. The van der Waals surface area contributed by atoms with Crippen molar-refractivity contribution in [3.63, 3.8) is 0 Å². The third kappa shape index (κ3) is 4.83. The van der Waals surface area contributed by atoms with Crippen LogP contribution in [0.5, 0.6) is 0 Å². The molecule has 2 saturated carbocycles. The summed E-state index contributed by atoms with van der Waals surface area (Å²) in [5, 5.41) is 18.4. The number of aryl methyl sites for hydroxylation is 2. The van der Waals surface area contributed by atoms with E-state index < -0.39 is 11.2 Å². The molecule has 0 N–H and O–H groups in total. The molecule has 5 aliphatic heterocycles. The molecule has 2 aromatic heterocycles. The first kappa shape index (κ1) is 29.7. The van der Waals surface area contributed by atoms with Crippen molar-refractivity contribution >= 4 is 11.9 Å². The van der Waals surface area contributed by atoms with Crippen LogP contribution in [0.25, 0.3) is 0 Å². The number of unbranched alkanes of at least 4 members (excludes halogenated alkanes) is 3. The molecule has 47 heavy (non-hydrogen) atoms. The summed E-state index contributed by atoms with van der Waals surface area (Å²) in [5.74, 6) is -0.367. The Labute approximate surface area is 275 Å². The minimum atomic E-state index is -0.425. The van der Waals surface area contributed by atoms with Crippen LogP contribution in [0.4, 0.5) is 0 Å². The third-order valence-electron chi connectivity index (χ3n) is 12.5. The van der Waals surface area contributed by atoms with Gasteiger partial charge < -0.3 is 9.47 Å². The molecule has 0 radical (unpaired) electrons. The van der Waals surface area contributed by atoms with Crippen LogP contribution in [0.3, 0.4) is 0 Å². The van der Waals surface area contributed by atoms with Crippen molar-refractivity contribution in [2.45, 2.75) is 138 Å². The van der Waals surface area contributed by atoms with Crippen LogP contribution in [-0.4, -0.2) is 101 Å². The molecule has 2 spiro atoms. The Morgan fingerprint density at radius 2 is 1.51 bits per heavy atom. The Kier molecular flexibility index (Phi) is 7.19. The van der Waals surface area contributed by atoms with E-state index in [0.29, 0.717) is 18.1 Å². The van der Waals surface area contributed by atoms with Gasteiger partial charge in [-0.2, -0.15) is 0 Å². The molecule has 9 rings (SSSR count). The van der Waals surface area contributed by atoms with Gasteiger partial charge in [0.05, 0.1) is 29.5 Å². The van der Waals surface area contributed by atoms with Gasteiger partial charge in [-0.15, -0.1) is 10.2 Å². The Morgan fingerprint density at radius 3 is 2.28 bits per heavy atom. The first-order valence-corrected chi connectivity index (χ1v) is 18.1. The van der Waals surface area contributed by atoms with Crippen molar-refractivity contribution in [3.05, 3.63) is 47.1 Å². The lowest BCUT2D eigenvalue weighted by atomic mass is 9.75. The largest absolute Gasteiger partial charge is 0.450 e. The number of likely N-dealkylation sites (tertiary alicyclic amines) is 1. The van der Waals surface area contributed by atoms with Crippen LogP contribution in [-0.2, 0) is 31.9 Å². The summed E-state index contributed by atoms with van der Waals surface area (Å²) < 4.78 is 16.1. The van der Waals surface area contributed by atoms with E-state index in [0.717, 1.165) is 106 Å². The van der Waals surface area contributed by atoms with Gasteiger partial charge in [0, 0.05) is 56.0 Å². The molecule has 3 saturated heterocycles. The first-order chi connectivity index (χ1) is 22.9. The fourth-order valence-corrected chi connectivity index (χ4v) is 10.3. The fraction of sp³-hybridized carbons (Fsp3) is 0.714. The molecule has 2 unspecified atom stereocenters. The summed E-state index contributed by atoms with van der Waals surface area (Å²) in [6.07, 6.45) is 21.9. The average molecular weight is 643 g/mol. The monoisotopic (exact) mass is 642 g/mol. The van der Waals surface area contributed by atoms with Crippen LogP contribution in [0, 0.1) is 0 Å². The zero-order valence-electron chi connectivity index (χ0n) is 27.4. The maximum Gasteiger partial charge on any atom is 0.331 e. The van der Waals surface area contributed by atoms with Crippen molar-refractivity contribution in [3.8, 4) is 0 Å². The minimum Gasteiger partial charge on any atom is -0.450 e. The van der Waals surface area contributed by atoms with Crippen LogP contribution in [0.15, 0.2) is 35.7 Å². The highest BCUT2D eigenvalue weighted by Gasteiger charge is 2.64. The predicted octanol–water partition coefficient (Wildman–Crippen LogP) is 3.66. The molecule has 2 aliphatic carbocycles. The maximum absolute atomic E-state index is 12.4. The summed E-state index contributed by atoms with van der Waals surface area (Å²) in [4.78, 5) is 29.8. The topological polar surface area (TPSA) is 121 Å². The number of carbonyl (C=O) groups excluding carboxylic acids is 2. The van der Waals surface area contributed by atoms with Gasteiger partial charge in [0.15, 0.2) is 5.60 Å². The van der Waals surface area contributed by atoms with Gasteiger partial charge in [-0.05, 0) is 82.0 Å². The zero-order chi connectivity index (χ0) is 31.8. The lowest BCUT2D eigenvalue weighted by Gasteiger charge is -2.37. The molecule has 7 atom stereocenters. The summed E-state index contributed by atoms with van der Waals surface area (Å²) in [5.41, 5.74) is 3.49. The second-order valence-corrected chi connectivity index (χ2v) is 15.2. The number of hydrogen-bond donors (Lipinski definition) is 0. The Morgan fingerprint density at radius 1 is 0.809 bits per heavy atom. The molecule has 5 fully saturated rings. The number of carbonyl (C=O) groups is 2. The highest BCUT2D eigenvalue weighted by molar-refractivity contribution is 5.88. The number of piperidine rings is 1. The van der Waals surface area contributed by atoms with Crippen molar-refractivity contribution in [2.24, 2.45) is 0 Å². The van der Waals surface area contributed by atoms with Crippen LogP contribution >= 0.6 is 0 Å². The van der Waals surface area contributed by atoms with E-state index in [4.69, 9.17) is 9.47 Å². The summed E-state index contributed by atoms with van der Waals surface area (Å²) in [6.45, 7) is 5.13. The Bertz CT molecular complexity index is 1630. The molecule has 250 valence electrons. The lowest BCUT2D eigenvalue weighted by Crippen LogP contribution is -2.48. The van der Waals surface area contributed by atoms with Gasteiger partial charge in [-0.25, -0.2) is 19.0 Å². The molecular weight excluding hydrogens is 596 g/mol. The molecule has 12 nitrogen and oxygen atoms in total. The summed E-state index contributed by atoms with van der Waals surface area (Å²) in [6, 6.07) is 1.28. The molecule has 0 amide bonds. The molecule has 7 aliphatic rings. The molecule has 0 aromatic carbocycles. The number of rotatable bonds is 11. The number of aromatic nitrogens is 6. The Balaban J connectivity index is 0.821. The number of hydrogen-bond acceptors (Lipinski definition) is 10. The highest BCUT2D eigenvalue weighted by Crippen LogP contribution is 2.57. The van der Waals surface area contributed by atoms with Crippen LogP contribution < -0.4 is 0 Å². The minimum absolute atomic E-state index is 0.166. The molecular formula is C35H46N8O4. The Hall–Kier alpha value is -3.38. The number of nitrogens with zero attached hydrogens (tertiary/aromatic N) is 8. The van der Waals surface area contributed by atoms with E-state index in [1.807, 2.05) is 0 Å². The van der Waals surface area contributed by atoms with E-state index in [-0.39, 0.29) is 24.0 Å². The van der Waals surface area contributed by atoms with Crippen LogP contribution in [0.2, 0.25) is 0 Å². The van der Waals surface area contributed by atoms with Gasteiger partial charge in [-0.3, -0.25) is 9.80 Å². The maximum atomic E-state index is 12.4. The summed E-state index contributed by atoms with van der Waals surface area (Å²) in [7, 11) is 0. The van der Waals surface area contributed by atoms with Crippen molar-refractivity contribution in [2.75, 3.05) is 19.6 Å². The van der Waals surface area contributed by atoms with E-state index in [9.17, 15) is 9.59 Å². The normalized spacial score (nSPS) is 35.7. The van der Waals surface area contributed by atoms with Gasteiger partial charge >= 0.3 is 11.9 Å². The van der Waals surface area contributed by atoms with Crippen LogP contribution in [0.1, 0.15) is 107 Å². The predicted molar refractivity (Wildman–Crippen MR) is 170 cm³/mol. The van der Waals surface area contributed by atoms with Crippen molar-refractivity contribution < 1.29 is 19.1 Å². The fourth-order valence-electron chi connectivity index (χ4n) is 10.3. The van der Waals surface area contributed by atoms with E-state index >= 15 is 0 Å². The van der Waals surface area contributed by atoms with E-state index in [1.54, 1.807) is 12.2 Å². The number of ether oxygens (including phenoxy) is 2. The second-order valence-electron chi connectivity index (χ2n) is 15.2. The average Bonchev–Trinajstić information content (AvgIpc) is 3.91. The molecule has 2 aromatic rings. The number of fused-ring (bicyclic) bond motifs is 4. The van der Waals surface area contributed by atoms with E-state index in [2.05, 4.69) is 59.1 Å². The first-order valence-electron chi connectivity index (χ1n) is 18.1. The van der Waals surface area contributed by atoms with Gasteiger partial charge in [0.1, 0.15) is 5.60 Å². The van der Waals surface area contributed by atoms with Gasteiger partial charge in [0.2, 0.25) is 0 Å². The zero-order valence-corrected chi connectivity index (χ0v) is 27.4. The van der Waals surface area contributed by atoms with E-state index in [1.165, 1.54) is 25.7 Å². The van der Waals surface area contributed by atoms with Crippen molar-refractivity contribution in [1.29, 1.82) is 0 Å². The van der Waals surface area contributed by atoms with Gasteiger partial charge in [-0.1, -0.05) is 36.6 Å². The third-order valence-corrected chi connectivity index (χ3v) is 12.5. The second kappa shape index (κ2) is 11.4. The lowest BCUT2D eigenvalue weighted by molar-refractivity contribution is -0.149. The quantitative estimate of drug-likeness (QED) is 0.265. The van der Waals surface area contributed by atoms with Gasteiger partial charge in [0.25, 0.3) is 0 Å². The standard InChI is InChI=1S/C35H46N8O4/c1-2-3-7-12-40-22-34-18-29(40)27(14-23(34)16-32(44)46-34)42-20-25(36-38-42)9-4-5-10-26-21-43(39-37-26)28-15-24-17-33(45)47-35(24)19-30(28)41-13-8-6-11-31(35)41/h16-17,20-21,27-31H,2-15,18-19,22H2,1H3/t27?,28-,29-,30-,31?,34+,35-/m0/s1. The number of esters is 2. The SMILES string of the molecule is CCCCCN1C[C@]23C[C@H]1C(n1cc(CCCCc4cn([C@H]5CC6=CC(=O)O[C@@]67C[C@@H]5N5CCCCC57)nn4)nn1)CC2=CC(=O)O3. The molecule has 7 heterocycles. The molecule has 4 bridgehead atoms. The van der Waals surface area contributed by atoms with Crippen molar-refractivity contribution in [1.82, 2.24) is 39.8 Å². The highest BCUT2D eigenvalue weighted by atomic mass is 16.6.